The molecule has 2 rings (SSSR count). The summed E-state index contributed by atoms with van der Waals surface area (Å²) in [5.41, 5.74) is 6.23. The molecule has 142 valence electrons. The Labute approximate surface area is 166 Å². The Morgan fingerprint density at radius 1 is 0.962 bits per heavy atom. The predicted molar refractivity (Wildman–Crippen MR) is 124 cm³/mol. The monoisotopic (exact) mass is 369 g/mol. The Balaban J connectivity index is 0.00000113. The Morgan fingerprint density at radius 2 is 1.42 bits per heavy atom. The van der Waals surface area contributed by atoms with Gasteiger partial charge in [-0.25, -0.2) is 0 Å². The third-order valence-electron chi connectivity index (χ3n) is 3.84. The Morgan fingerprint density at radius 3 is 1.85 bits per heavy atom. The van der Waals surface area contributed by atoms with Crippen molar-refractivity contribution in [3.05, 3.63) is 79.4 Å². The molecule has 0 N–H and O–H groups in total. The number of benzene rings is 2. The van der Waals surface area contributed by atoms with Gasteiger partial charge in [0.05, 0.1) is 0 Å². The highest BCUT2D eigenvalue weighted by molar-refractivity contribution is 7.80. The molecule has 0 aromatic heterocycles. The summed E-state index contributed by atoms with van der Waals surface area (Å²) in [5.74, 6) is 0.944. The molecule has 0 fully saturated rings. The highest BCUT2D eigenvalue weighted by atomic mass is 32.1. The van der Waals surface area contributed by atoms with E-state index in [1.54, 1.807) is 0 Å². The summed E-state index contributed by atoms with van der Waals surface area (Å²) < 4.78 is 0. The van der Waals surface area contributed by atoms with Gasteiger partial charge in [-0.05, 0) is 27.9 Å². The van der Waals surface area contributed by atoms with Crippen LogP contribution in [0.4, 0.5) is 0 Å². The minimum Gasteiger partial charge on any atom is -0.378 e. The molecule has 0 aliphatic rings. The lowest BCUT2D eigenvalue weighted by atomic mass is 9.86. The van der Waals surface area contributed by atoms with Crippen molar-refractivity contribution in [3.8, 4) is 11.1 Å². The molecule has 0 heterocycles. The van der Waals surface area contributed by atoms with Crippen molar-refractivity contribution in [2.75, 3.05) is 19.8 Å². The SMILES string of the molecule is C=C.C=C(c1ccccc1-c1ccc(C(C)(C)C)cc1)N(C)C.CCS. The third-order valence-corrected chi connectivity index (χ3v) is 3.84. The molecule has 0 spiro atoms. The van der Waals surface area contributed by atoms with E-state index in [-0.39, 0.29) is 5.41 Å². The van der Waals surface area contributed by atoms with Gasteiger partial charge in [0.25, 0.3) is 0 Å². The fraction of sp³-hybridized carbons (Fsp3) is 0.333. The van der Waals surface area contributed by atoms with Gasteiger partial charge in [-0.3, -0.25) is 0 Å². The maximum Gasteiger partial charge on any atom is 0.0367 e. The Hall–Kier alpha value is -1.93. The average Bonchev–Trinajstić information content (AvgIpc) is 2.63. The van der Waals surface area contributed by atoms with Gasteiger partial charge in [-0.1, -0.05) is 82.8 Å². The number of rotatable bonds is 3. The lowest BCUT2D eigenvalue weighted by molar-refractivity contribution is 0.590. The van der Waals surface area contributed by atoms with Crippen LogP contribution >= 0.6 is 12.6 Å². The molecule has 0 amide bonds. The molecular weight excluding hydrogens is 334 g/mol. The first-order chi connectivity index (χ1) is 12.2. The summed E-state index contributed by atoms with van der Waals surface area (Å²) in [6.45, 7) is 18.9. The molecule has 26 heavy (non-hydrogen) atoms. The van der Waals surface area contributed by atoms with Crippen molar-refractivity contribution in [1.29, 1.82) is 0 Å². The van der Waals surface area contributed by atoms with Crippen LogP contribution < -0.4 is 0 Å². The normalized spacial score (nSPS) is 9.96. The Bertz CT molecular complexity index is 663. The van der Waals surface area contributed by atoms with E-state index in [0.29, 0.717) is 0 Å². The third kappa shape index (κ3) is 7.13. The van der Waals surface area contributed by atoms with Gasteiger partial charge in [-0.15, -0.1) is 13.2 Å². The van der Waals surface area contributed by atoms with Gasteiger partial charge in [0, 0.05) is 25.4 Å². The first-order valence-electron chi connectivity index (χ1n) is 8.89. The summed E-state index contributed by atoms with van der Waals surface area (Å²) in [6.07, 6.45) is 0. The maximum atomic E-state index is 4.19. The number of thiol groups is 1. The Kier molecular flexibility index (Phi) is 10.8. The van der Waals surface area contributed by atoms with Crippen LogP contribution in [0.15, 0.2) is 68.3 Å². The van der Waals surface area contributed by atoms with Crippen LogP contribution in [-0.2, 0) is 5.41 Å². The van der Waals surface area contributed by atoms with E-state index < -0.39 is 0 Å². The van der Waals surface area contributed by atoms with Crippen LogP contribution in [0.5, 0.6) is 0 Å². The van der Waals surface area contributed by atoms with Crippen molar-refractivity contribution in [3.63, 3.8) is 0 Å². The second kappa shape index (κ2) is 11.6. The highest BCUT2D eigenvalue weighted by Gasteiger charge is 2.14. The van der Waals surface area contributed by atoms with E-state index in [0.717, 1.165) is 11.4 Å². The summed E-state index contributed by atoms with van der Waals surface area (Å²) >= 11 is 3.79. The molecular formula is C24H35NS. The van der Waals surface area contributed by atoms with E-state index in [4.69, 9.17) is 0 Å². The van der Waals surface area contributed by atoms with E-state index in [1.165, 1.54) is 22.3 Å². The molecule has 0 atom stereocenters. The minimum atomic E-state index is 0.186. The second-order valence-electron chi connectivity index (χ2n) is 7.03. The molecule has 0 aliphatic carbocycles. The van der Waals surface area contributed by atoms with Crippen molar-refractivity contribution < 1.29 is 0 Å². The molecule has 2 aromatic carbocycles. The molecule has 0 unspecified atom stereocenters. The molecule has 0 radical (unpaired) electrons. The van der Waals surface area contributed by atoms with Crippen molar-refractivity contribution in [2.24, 2.45) is 0 Å². The van der Waals surface area contributed by atoms with E-state index in [1.807, 2.05) is 21.0 Å². The predicted octanol–water partition coefficient (Wildman–Crippen LogP) is 6.92. The molecule has 2 heteroatoms. The molecule has 2 aromatic rings. The highest BCUT2D eigenvalue weighted by Crippen LogP contribution is 2.31. The molecule has 1 nitrogen and oxygen atoms in total. The van der Waals surface area contributed by atoms with E-state index in [9.17, 15) is 0 Å². The zero-order chi connectivity index (χ0) is 20.3. The van der Waals surface area contributed by atoms with E-state index >= 15 is 0 Å². The first-order valence-corrected chi connectivity index (χ1v) is 9.53. The van der Waals surface area contributed by atoms with Gasteiger partial charge in [0.1, 0.15) is 0 Å². The fourth-order valence-electron chi connectivity index (χ4n) is 2.38. The molecule has 0 aliphatic heterocycles. The van der Waals surface area contributed by atoms with Crippen LogP contribution in [0.1, 0.15) is 38.8 Å². The summed E-state index contributed by atoms with van der Waals surface area (Å²) in [6, 6.07) is 17.3. The van der Waals surface area contributed by atoms with Crippen LogP contribution in [0.3, 0.4) is 0 Å². The summed E-state index contributed by atoms with van der Waals surface area (Å²) in [5, 5.41) is 0. The van der Waals surface area contributed by atoms with Crippen molar-refractivity contribution >= 4 is 18.3 Å². The molecule has 0 saturated carbocycles. The van der Waals surface area contributed by atoms with Gasteiger partial charge in [0.15, 0.2) is 0 Å². The number of nitrogens with zero attached hydrogens (tertiary/aromatic N) is 1. The maximum absolute atomic E-state index is 4.19. The molecule has 0 saturated heterocycles. The van der Waals surface area contributed by atoms with Gasteiger partial charge >= 0.3 is 0 Å². The number of hydrogen-bond acceptors (Lipinski definition) is 2. The van der Waals surface area contributed by atoms with Gasteiger partial charge in [0.2, 0.25) is 0 Å². The van der Waals surface area contributed by atoms with Crippen LogP contribution in [0.25, 0.3) is 16.8 Å². The fourth-order valence-corrected chi connectivity index (χ4v) is 2.38. The average molecular weight is 370 g/mol. The van der Waals surface area contributed by atoms with Crippen LogP contribution in [0.2, 0.25) is 0 Å². The van der Waals surface area contributed by atoms with Crippen LogP contribution in [0, 0.1) is 0 Å². The lowest BCUT2D eigenvalue weighted by Crippen LogP contribution is -2.11. The topological polar surface area (TPSA) is 3.24 Å². The standard InChI is InChI=1S/C20H25N.C2H6S.C2H4/c1-15(21(5)6)18-9-7-8-10-19(18)16-11-13-17(14-12-16)20(2,3)4;1-2-3;1-2/h7-14H,1H2,2-6H3;3H,2H2,1H3;1-2H2. The smallest absolute Gasteiger partial charge is 0.0367 e. The van der Waals surface area contributed by atoms with Crippen molar-refractivity contribution in [2.45, 2.75) is 33.1 Å². The quantitative estimate of drug-likeness (QED) is 0.454. The largest absolute Gasteiger partial charge is 0.378 e. The summed E-state index contributed by atoms with van der Waals surface area (Å²) in [4.78, 5) is 2.06. The van der Waals surface area contributed by atoms with Crippen LogP contribution in [-0.4, -0.2) is 24.7 Å². The lowest BCUT2D eigenvalue weighted by Gasteiger charge is -2.21. The minimum absolute atomic E-state index is 0.186. The summed E-state index contributed by atoms with van der Waals surface area (Å²) in [7, 11) is 4.06. The second-order valence-corrected chi connectivity index (χ2v) is 7.66. The van der Waals surface area contributed by atoms with E-state index in [2.05, 4.69) is 107 Å². The van der Waals surface area contributed by atoms with Gasteiger partial charge in [-0.2, -0.15) is 12.6 Å². The zero-order valence-corrected chi connectivity index (χ0v) is 18.2. The number of hydrogen-bond donors (Lipinski definition) is 1. The van der Waals surface area contributed by atoms with Crippen molar-refractivity contribution in [1.82, 2.24) is 4.90 Å². The molecule has 0 bridgehead atoms. The van der Waals surface area contributed by atoms with Gasteiger partial charge < -0.3 is 4.90 Å². The first kappa shape index (κ1) is 24.1. The zero-order valence-electron chi connectivity index (χ0n) is 17.3.